The Morgan fingerprint density at radius 3 is 1.59 bits per heavy atom. The maximum Gasteiger partial charge on any atom is 0.269 e. The van der Waals surface area contributed by atoms with E-state index in [1.165, 1.54) is 24.3 Å². The van der Waals surface area contributed by atoms with E-state index in [0.29, 0.717) is 5.56 Å². The summed E-state index contributed by atoms with van der Waals surface area (Å²) in [5.74, 6) is -0.0867. The molecule has 3 rings (SSSR count). The number of nitro benzene ring substituents is 1. The van der Waals surface area contributed by atoms with Gasteiger partial charge in [0.1, 0.15) is 7.14 Å². The van der Waals surface area contributed by atoms with Gasteiger partial charge in [0.15, 0.2) is 5.78 Å². The molecule has 0 N–H and O–H groups in total. The highest BCUT2D eigenvalue weighted by Crippen LogP contribution is 2.38. The van der Waals surface area contributed by atoms with Crippen LogP contribution in [0.3, 0.4) is 0 Å². The van der Waals surface area contributed by atoms with Crippen LogP contribution in [-0.2, 0) is 4.57 Å². The van der Waals surface area contributed by atoms with Gasteiger partial charge in [-0.15, -0.1) is 0 Å². The van der Waals surface area contributed by atoms with Gasteiger partial charge < -0.3 is 4.57 Å². The maximum atomic E-state index is 12.6. The Bertz CT molecular complexity index is 957. The van der Waals surface area contributed by atoms with E-state index in [4.69, 9.17) is 0 Å². The Kier molecular flexibility index (Phi) is 7.63. The predicted octanol–water partition coefficient (Wildman–Crippen LogP) is 5.06. The van der Waals surface area contributed by atoms with Crippen LogP contribution in [0.2, 0.25) is 0 Å². The molecule has 0 bridgehead atoms. The molecule has 0 aliphatic rings. The molecule has 0 spiro atoms. The fraction of sp³-hybridized carbons (Fsp3) is 0.174. The fourth-order valence-electron chi connectivity index (χ4n) is 2.65. The number of benzene rings is 3. The summed E-state index contributed by atoms with van der Waals surface area (Å²) >= 11 is 0. The van der Waals surface area contributed by atoms with Crippen molar-refractivity contribution in [3.63, 3.8) is 0 Å². The van der Waals surface area contributed by atoms with Gasteiger partial charge in [-0.2, -0.15) is 0 Å². The van der Waals surface area contributed by atoms with Crippen molar-refractivity contribution < 1.29 is 14.3 Å². The highest BCUT2D eigenvalue weighted by molar-refractivity contribution is 7.78. The lowest BCUT2D eigenvalue weighted by molar-refractivity contribution is -0.384. The third-order valence-corrected chi connectivity index (χ3v) is 6.95. The molecule has 0 radical (unpaired) electrons. The minimum absolute atomic E-state index is 0.0000945. The van der Waals surface area contributed by atoms with Gasteiger partial charge in [-0.3, -0.25) is 14.9 Å². The zero-order valence-corrected chi connectivity index (χ0v) is 17.6. The van der Waals surface area contributed by atoms with Crippen molar-refractivity contribution in [1.29, 1.82) is 0 Å². The summed E-state index contributed by atoms with van der Waals surface area (Å²) in [7, 11) is -2.40. The Morgan fingerprint density at radius 1 is 0.828 bits per heavy atom. The molecule has 6 heteroatoms. The summed E-state index contributed by atoms with van der Waals surface area (Å²) in [6, 6.07) is 24.9. The Hall–Kier alpha value is -3.04. The van der Waals surface area contributed by atoms with Crippen molar-refractivity contribution in [2.75, 3.05) is 6.66 Å². The van der Waals surface area contributed by atoms with Crippen LogP contribution in [0.25, 0.3) is 0 Å². The van der Waals surface area contributed by atoms with Crippen molar-refractivity contribution in [3.05, 3.63) is 101 Å². The van der Waals surface area contributed by atoms with Gasteiger partial charge in [-0.05, 0) is 18.8 Å². The van der Waals surface area contributed by atoms with Gasteiger partial charge in [-0.25, -0.2) is 0 Å². The van der Waals surface area contributed by atoms with Crippen molar-refractivity contribution >= 4 is 29.2 Å². The van der Waals surface area contributed by atoms with Gasteiger partial charge in [0.2, 0.25) is 0 Å². The normalized spacial score (nSPS) is 10.8. The Balaban J connectivity index is 0.000000208. The topological polar surface area (TPSA) is 77.3 Å². The quantitative estimate of drug-likeness (QED) is 0.255. The maximum absolute atomic E-state index is 12.6. The van der Waals surface area contributed by atoms with Gasteiger partial charge in [0, 0.05) is 34.2 Å². The zero-order valence-electron chi connectivity index (χ0n) is 16.7. The number of Topliss-reactive ketones (excluding diaryl/α,β-unsaturated/α-hetero) is 1. The first kappa shape index (κ1) is 22.3. The number of rotatable bonds is 5. The highest BCUT2D eigenvalue weighted by atomic mass is 31.2. The SMILES string of the molecule is CC(C)C(=O)c1ccc([N+](=O)[O-])cc1.CP(=O)(c1ccccc1)c1ccccc1. The molecule has 0 aromatic heterocycles. The predicted molar refractivity (Wildman–Crippen MR) is 118 cm³/mol. The number of nitro groups is 1. The average Bonchev–Trinajstić information content (AvgIpc) is 2.75. The minimum Gasteiger partial charge on any atom is -0.314 e. The summed E-state index contributed by atoms with van der Waals surface area (Å²) in [4.78, 5) is 21.3. The number of hydrogen-bond acceptors (Lipinski definition) is 4. The molecular formula is C23H24NO4P. The smallest absolute Gasteiger partial charge is 0.269 e. The molecule has 0 aliphatic heterocycles. The first-order valence-electron chi connectivity index (χ1n) is 9.21. The van der Waals surface area contributed by atoms with Crippen LogP contribution in [-0.4, -0.2) is 17.4 Å². The monoisotopic (exact) mass is 409 g/mol. The third kappa shape index (κ3) is 5.97. The van der Waals surface area contributed by atoms with Crippen LogP contribution in [0.5, 0.6) is 0 Å². The second kappa shape index (κ2) is 9.94. The molecule has 0 atom stereocenters. The van der Waals surface area contributed by atoms with Gasteiger partial charge in [0.05, 0.1) is 4.92 Å². The molecule has 5 nitrogen and oxygen atoms in total. The molecule has 3 aromatic carbocycles. The molecule has 0 saturated heterocycles. The molecule has 29 heavy (non-hydrogen) atoms. The van der Waals surface area contributed by atoms with E-state index in [9.17, 15) is 19.5 Å². The van der Waals surface area contributed by atoms with Gasteiger partial charge >= 0.3 is 0 Å². The van der Waals surface area contributed by atoms with E-state index in [-0.39, 0.29) is 17.4 Å². The minimum atomic E-state index is -2.40. The van der Waals surface area contributed by atoms with Crippen LogP contribution < -0.4 is 10.6 Å². The Labute approximate surface area is 170 Å². The van der Waals surface area contributed by atoms with Crippen molar-refractivity contribution in [2.24, 2.45) is 5.92 Å². The van der Waals surface area contributed by atoms with Crippen LogP contribution in [0, 0.1) is 16.0 Å². The van der Waals surface area contributed by atoms with Crippen LogP contribution in [0.15, 0.2) is 84.9 Å². The third-order valence-electron chi connectivity index (χ3n) is 4.38. The second-order valence-corrected chi connectivity index (χ2v) is 9.80. The summed E-state index contributed by atoms with van der Waals surface area (Å²) < 4.78 is 12.6. The van der Waals surface area contributed by atoms with Crippen molar-refractivity contribution in [2.45, 2.75) is 13.8 Å². The Morgan fingerprint density at radius 2 is 1.24 bits per heavy atom. The van der Waals surface area contributed by atoms with E-state index < -0.39 is 12.1 Å². The largest absolute Gasteiger partial charge is 0.314 e. The second-order valence-electron chi connectivity index (χ2n) is 6.92. The lowest BCUT2D eigenvalue weighted by atomic mass is 10.0. The van der Waals surface area contributed by atoms with Gasteiger partial charge in [-0.1, -0.05) is 74.5 Å². The number of carbonyl (C=O) groups is 1. The summed E-state index contributed by atoms with van der Waals surface area (Å²) in [5, 5.41) is 12.2. The number of carbonyl (C=O) groups excluding carboxylic acids is 1. The average molecular weight is 409 g/mol. The number of non-ortho nitro benzene ring substituents is 1. The zero-order chi connectivity index (χ0) is 21.4. The van der Waals surface area contributed by atoms with E-state index in [1.54, 1.807) is 13.8 Å². The molecule has 0 heterocycles. The molecule has 0 amide bonds. The van der Waals surface area contributed by atoms with Crippen LogP contribution in [0.1, 0.15) is 24.2 Å². The highest BCUT2D eigenvalue weighted by Gasteiger charge is 2.19. The lowest BCUT2D eigenvalue weighted by Crippen LogP contribution is -2.14. The van der Waals surface area contributed by atoms with E-state index >= 15 is 0 Å². The van der Waals surface area contributed by atoms with E-state index in [0.717, 1.165) is 10.6 Å². The number of hydrogen-bond donors (Lipinski definition) is 0. The first-order valence-corrected chi connectivity index (χ1v) is 11.4. The number of nitrogens with zero attached hydrogens (tertiary/aromatic N) is 1. The summed E-state index contributed by atoms with van der Waals surface area (Å²) in [6.07, 6.45) is 0. The molecule has 3 aromatic rings. The first-order chi connectivity index (χ1) is 13.7. The van der Waals surface area contributed by atoms with Crippen LogP contribution >= 0.6 is 7.14 Å². The van der Waals surface area contributed by atoms with Crippen molar-refractivity contribution in [1.82, 2.24) is 0 Å². The van der Waals surface area contributed by atoms with E-state index in [2.05, 4.69) is 0 Å². The molecule has 0 unspecified atom stereocenters. The molecule has 0 fully saturated rings. The lowest BCUT2D eigenvalue weighted by Gasteiger charge is -2.13. The van der Waals surface area contributed by atoms with Gasteiger partial charge in [0.25, 0.3) is 5.69 Å². The summed E-state index contributed by atoms with van der Waals surface area (Å²) in [6.45, 7) is 5.41. The molecular weight excluding hydrogens is 385 g/mol. The molecule has 0 saturated carbocycles. The van der Waals surface area contributed by atoms with Crippen molar-refractivity contribution in [3.8, 4) is 0 Å². The van der Waals surface area contributed by atoms with Crippen LogP contribution in [0.4, 0.5) is 5.69 Å². The number of ketones is 1. The summed E-state index contributed by atoms with van der Waals surface area (Å²) in [5.41, 5.74) is 0.524. The molecule has 0 aliphatic carbocycles. The molecule has 150 valence electrons. The van der Waals surface area contributed by atoms with E-state index in [1.807, 2.05) is 67.3 Å². The standard InChI is InChI=1S/C13H13OP.C10H11NO3/c1-15(14,12-8-4-2-5-9-12)13-10-6-3-7-11-13;1-7(2)10(12)8-3-5-9(6-4-8)11(13)14/h2-11H,1H3;3-7H,1-2H3. The fourth-order valence-corrected chi connectivity index (χ4v) is 4.44.